The number of benzene rings is 1. The summed E-state index contributed by atoms with van der Waals surface area (Å²) < 4.78 is 3.94. The van der Waals surface area contributed by atoms with Gasteiger partial charge in [-0.2, -0.15) is 0 Å². The smallest absolute Gasteiger partial charge is 0.220 e. The molecule has 1 amide bonds. The third-order valence-corrected chi connectivity index (χ3v) is 4.85. The van der Waals surface area contributed by atoms with Crippen LogP contribution in [0.2, 0.25) is 0 Å². The van der Waals surface area contributed by atoms with Crippen LogP contribution in [-0.2, 0) is 18.4 Å². The number of nitrogens with zero attached hydrogens (tertiary/aromatic N) is 4. The van der Waals surface area contributed by atoms with Crippen molar-refractivity contribution < 1.29 is 4.79 Å². The average molecular weight is 350 g/mol. The number of piperidine rings is 1. The Morgan fingerprint density at radius 2 is 2.08 bits per heavy atom. The number of aromatic nitrogens is 4. The van der Waals surface area contributed by atoms with Gasteiger partial charge in [0.1, 0.15) is 11.9 Å². The summed E-state index contributed by atoms with van der Waals surface area (Å²) in [5.41, 5.74) is 2.28. The maximum absolute atomic E-state index is 11.9. The molecule has 0 bridgehead atoms. The quantitative estimate of drug-likeness (QED) is 0.734. The first kappa shape index (κ1) is 16.5. The first-order valence-electron chi connectivity index (χ1n) is 8.78. The highest BCUT2D eigenvalue weighted by Gasteiger charge is 2.31. The predicted molar refractivity (Wildman–Crippen MR) is 97.5 cm³/mol. The second kappa shape index (κ2) is 7.13. The lowest BCUT2D eigenvalue weighted by Crippen LogP contribution is -2.49. The second-order valence-electron chi connectivity index (χ2n) is 6.60. The van der Waals surface area contributed by atoms with Crippen LogP contribution in [0.3, 0.4) is 0 Å². The Morgan fingerprint density at radius 3 is 2.77 bits per heavy atom. The van der Waals surface area contributed by atoms with Crippen molar-refractivity contribution in [2.24, 2.45) is 7.05 Å². The Hall–Kier alpha value is -2.93. The van der Waals surface area contributed by atoms with E-state index in [4.69, 9.17) is 0 Å². The number of carbonyl (C=O) groups is 1. The van der Waals surface area contributed by atoms with E-state index in [1.807, 2.05) is 28.6 Å². The van der Waals surface area contributed by atoms with Crippen LogP contribution in [0, 0.1) is 0 Å². The average Bonchev–Trinajstić information content (AvgIpc) is 3.33. The van der Waals surface area contributed by atoms with E-state index in [1.54, 1.807) is 18.7 Å². The van der Waals surface area contributed by atoms with E-state index >= 15 is 0 Å². The van der Waals surface area contributed by atoms with Crippen molar-refractivity contribution in [1.29, 1.82) is 0 Å². The molecule has 4 rings (SSSR count). The molecule has 0 saturated carbocycles. The summed E-state index contributed by atoms with van der Waals surface area (Å²) in [7, 11) is 1.95. The lowest BCUT2D eigenvalue weighted by Gasteiger charge is -2.32. The zero-order chi connectivity index (χ0) is 17.9. The summed E-state index contributed by atoms with van der Waals surface area (Å²) in [4.78, 5) is 20.4. The SMILES string of the molecule is Cn1ccnc1[C@@H]1NC(=O)CC[C@H]1NCc1ccc(-n2ccnc2)cc1. The summed E-state index contributed by atoms with van der Waals surface area (Å²) >= 11 is 0. The van der Waals surface area contributed by atoms with E-state index in [9.17, 15) is 4.79 Å². The molecule has 2 aromatic heterocycles. The van der Waals surface area contributed by atoms with Gasteiger partial charge in [-0.05, 0) is 24.1 Å². The van der Waals surface area contributed by atoms with Crippen LogP contribution in [0.5, 0.6) is 0 Å². The van der Waals surface area contributed by atoms with E-state index in [2.05, 4.69) is 44.9 Å². The fourth-order valence-corrected chi connectivity index (χ4v) is 3.39. The van der Waals surface area contributed by atoms with Crippen molar-refractivity contribution >= 4 is 5.91 Å². The molecule has 134 valence electrons. The minimum atomic E-state index is -0.110. The Bertz CT molecular complexity index is 868. The molecule has 1 fully saturated rings. The highest BCUT2D eigenvalue weighted by Crippen LogP contribution is 2.23. The molecular weight excluding hydrogens is 328 g/mol. The van der Waals surface area contributed by atoms with Gasteiger partial charge in [0.2, 0.25) is 5.91 Å². The van der Waals surface area contributed by atoms with Crippen LogP contribution >= 0.6 is 0 Å². The van der Waals surface area contributed by atoms with Gasteiger partial charge in [-0.1, -0.05) is 12.1 Å². The number of nitrogens with one attached hydrogen (secondary N) is 2. The minimum Gasteiger partial charge on any atom is -0.345 e. The maximum atomic E-state index is 11.9. The molecule has 3 heterocycles. The van der Waals surface area contributed by atoms with E-state index in [0.717, 1.165) is 24.5 Å². The van der Waals surface area contributed by atoms with Crippen LogP contribution in [0.25, 0.3) is 5.69 Å². The third kappa shape index (κ3) is 3.39. The molecule has 1 aromatic carbocycles. The zero-order valence-corrected chi connectivity index (χ0v) is 14.7. The number of aryl methyl sites for hydroxylation is 1. The van der Waals surface area contributed by atoms with Gasteiger partial charge in [-0.3, -0.25) is 4.79 Å². The molecule has 0 radical (unpaired) electrons. The summed E-state index contributed by atoms with van der Waals surface area (Å²) in [5, 5.41) is 6.67. The summed E-state index contributed by atoms with van der Waals surface area (Å²) in [6, 6.07) is 8.43. The monoisotopic (exact) mass is 350 g/mol. The van der Waals surface area contributed by atoms with E-state index in [-0.39, 0.29) is 18.0 Å². The molecule has 0 unspecified atom stereocenters. The Morgan fingerprint density at radius 1 is 1.23 bits per heavy atom. The first-order chi connectivity index (χ1) is 12.7. The summed E-state index contributed by atoms with van der Waals surface area (Å²) in [5.74, 6) is 0.965. The van der Waals surface area contributed by atoms with Gasteiger partial charge < -0.3 is 19.8 Å². The molecule has 2 atom stereocenters. The number of hydrogen-bond acceptors (Lipinski definition) is 4. The standard InChI is InChI=1S/C19H22N6O/c1-24-10-9-21-19(24)18-16(6-7-17(26)23-18)22-12-14-2-4-15(5-3-14)25-11-8-20-13-25/h2-5,8-11,13,16,18,22H,6-7,12H2,1H3,(H,23,26)/t16-,18-/m1/s1. The molecule has 7 nitrogen and oxygen atoms in total. The van der Waals surface area contributed by atoms with Crippen LogP contribution in [0.4, 0.5) is 0 Å². The van der Waals surface area contributed by atoms with Gasteiger partial charge in [0.25, 0.3) is 0 Å². The molecule has 3 aromatic rings. The first-order valence-corrected chi connectivity index (χ1v) is 8.78. The van der Waals surface area contributed by atoms with Gasteiger partial charge in [-0.15, -0.1) is 0 Å². The highest BCUT2D eigenvalue weighted by atomic mass is 16.1. The van der Waals surface area contributed by atoms with Crippen molar-refractivity contribution in [2.75, 3.05) is 0 Å². The van der Waals surface area contributed by atoms with Gasteiger partial charge >= 0.3 is 0 Å². The van der Waals surface area contributed by atoms with Crippen LogP contribution in [-0.4, -0.2) is 31.1 Å². The fourth-order valence-electron chi connectivity index (χ4n) is 3.39. The number of hydrogen-bond donors (Lipinski definition) is 2. The number of carbonyl (C=O) groups excluding carboxylic acids is 1. The van der Waals surface area contributed by atoms with E-state index in [1.165, 1.54) is 5.56 Å². The largest absolute Gasteiger partial charge is 0.345 e. The Balaban J connectivity index is 1.44. The van der Waals surface area contributed by atoms with Gasteiger partial charge in [0, 0.05) is 56.5 Å². The zero-order valence-electron chi connectivity index (χ0n) is 14.7. The Kier molecular flexibility index (Phi) is 4.53. The van der Waals surface area contributed by atoms with Crippen molar-refractivity contribution in [3.8, 4) is 5.69 Å². The summed E-state index contributed by atoms with van der Waals surface area (Å²) in [6.07, 6.45) is 10.5. The van der Waals surface area contributed by atoms with Gasteiger partial charge in [0.05, 0.1) is 6.33 Å². The molecule has 0 spiro atoms. The normalized spacial score (nSPS) is 20.1. The van der Waals surface area contributed by atoms with Gasteiger partial charge in [-0.25, -0.2) is 9.97 Å². The molecule has 2 N–H and O–H groups in total. The van der Waals surface area contributed by atoms with Crippen LogP contribution < -0.4 is 10.6 Å². The lowest BCUT2D eigenvalue weighted by atomic mass is 9.96. The van der Waals surface area contributed by atoms with Crippen molar-refractivity contribution in [3.63, 3.8) is 0 Å². The molecule has 1 saturated heterocycles. The van der Waals surface area contributed by atoms with Crippen molar-refractivity contribution in [3.05, 3.63) is 66.8 Å². The fraction of sp³-hybridized carbons (Fsp3) is 0.316. The number of imidazole rings is 2. The topological polar surface area (TPSA) is 76.8 Å². The van der Waals surface area contributed by atoms with Crippen LogP contribution in [0.1, 0.15) is 30.3 Å². The van der Waals surface area contributed by atoms with Crippen molar-refractivity contribution in [2.45, 2.75) is 31.5 Å². The molecule has 0 aliphatic carbocycles. The minimum absolute atomic E-state index is 0.0840. The van der Waals surface area contributed by atoms with Gasteiger partial charge in [0.15, 0.2) is 0 Å². The number of amides is 1. The molecule has 7 heteroatoms. The van der Waals surface area contributed by atoms with Crippen molar-refractivity contribution in [1.82, 2.24) is 29.7 Å². The van der Waals surface area contributed by atoms with E-state index in [0.29, 0.717) is 6.42 Å². The predicted octanol–water partition coefficient (Wildman–Crippen LogP) is 1.72. The van der Waals surface area contributed by atoms with E-state index < -0.39 is 0 Å². The highest BCUT2D eigenvalue weighted by molar-refractivity contribution is 5.77. The lowest BCUT2D eigenvalue weighted by molar-refractivity contribution is -0.124. The summed E-state index contributed by atoms with van der Waals surface area (Å²) in [6.45, 7) is 0.742. The molecular formula is C19H22N6O. The molecule has 26 heavy (non-hydrogen) atoms. The molecule has 1 aliphatic heterocycles. The molecule has 1 aliphatic rings. The van der Waals surface area contributed by atoms with Crippen LogP contribution in [0.15, 0.2) is 55.4 Å². The maximum Gasteiger partial charge on any atom is 0.220 e. The third-order valence-electron chi connectivity index (χ3n) is 4.85. The Labute approximate surface area is 152 Å². The second-order valence-corrected chi connectivity index (χ2v) is 6.60. The number of rotatable bonds is 5.